The van der Waals surface area contributed by atoms with Crippen LogP contribution in [-0.4, -0.2) is 46.5 Å². The average molecular weight is 374 g/mol. The van der Waals surface area contributed by atoms with Crippen LogP contribution in [0.15, 0.2) is 24.3 Å². The van der Waals surface area contributed by atoms with Crippen molar-refractivity contribution in [1.29, 1.82) is 0 Å². The minimum absolute atomic E-state index is 0.152. The number of sulfonamides is 2. The van der Waals surface area contributed by atoms with Crippen molar-refractivity contribution in [2.45, 2.75) is 37.6 Å². The van der Waals surface area contributed by atoms with Crippen molar-refractivity contribution in [1.82, 2.24) is 10.9 Å². The second-order valence-corrected chi connectivity index (χ2v) is 10.1. The first-order valence-electron chi connectivity index (χ1n) is 7.84. The normalized spacial score (nSPS) is 29.8. The second kappa shape index (κ2) is 6.17. The van der Waals surface area contributed by atoms with Crippen molar-refractivity contribution < 1.29 is 16.8 Å². The molecule has 3 rings (SSSR count). The molecule has 134 valence electrons. The molecule has 24 heavy (non-hydrogen) atoms. The number of hydrogen-bond donors (Lipinski definition) is 3. The van der Waals surface area contributed by atoms with Crippen LogP contribution in [0.1, 0.15) is 20.3 Å². The second-order valence-electron chi connectivity index (χ2n) is 6.27. The van der Waals surface area contributed by atoms with Gasteiger partial charge in [-0.15, -0.1) is 0 Å². The molecule has 2 aliphatic rings. The molecule has 2 unspecified atom stereocenters. The van der Waals surface area contributed by atoms with Crippen molar-refractivity contribution in [3.8, 4) is 0 Å². The summed E-state index contributed by atoms with van der Waals surface area (Å²) in [5.41, 5.74) is 6.82. The summed E-state index contributed by atoms with van der Waals surface area (Å²) in [5, 5.41) is -0.601. The summed E-state index contributed by atoms with van der Waals surface area (Å²) in [6, 6.07) is 5.99. The van der Waals surface area contributed by atoms with Gasteiger partial charge in [-0.25, -0.2) is 16.8 Å². The van der Waals surface area contributed by atoms with Crippen LogP contribution in [0.3, 0.4) is 0 Å². The Kier molecular flexibility index (Phi) is 4.49. The predicted molar refractivity (Wildman–Crippen MR) is 93.7 cm³/mol. The van der Waals surface area contributed by atoms with Crippen molar-refractivity contribution in [2.24, 2.45) is 0 Å². The molecule has 2 heterocycles. The number of hydrazine groups is 1. The Hall–Kier alpha value is -1.36. The van der Waals surface area contributed by atoms with Gasteiger partial charge in [0.05, 0.1) is 11.4 Å². The molecule has 0 spiro atoms. The van der Waals surface area contributed by atoms with Gasteiger partial charge >= 0.3 is 0 Å². The van der Waals surface area contributed by atoms with E-state index in [-0.39, 0.29) is 17.8 Å². The molecule has 1 aromatic rings. The lowest BCUT2D eigenvalue weighted by atomic mass is 10.2. The van der Waals surface area contributed by atoms with E-state index in [0.29, 0.717) is 24.3 Å². The molecule has 1 aromatic carbocycles. The highest BCUT2D eigenvalue weighted by Crippen LogP contribution is 2.26. The van der Waals surface area contributed by atoms with Gasteiger partial charge in [0.25, 0.3) is 0 Å². The molecule has 0 amide bonds. The first kappa shape index (κ1) is 17.5. The minimum Gasteiger partial charge on any atom is -0.283 e. The van der Waals surface area contributed by atoms with E-state index in [1.807, 2.05) is 13.8 Å². The van der Waals surface area contributed by atoms with Gasteiger partial charge < -0.3 is 0 Å². The smallest absolute Gasteiger partial charge is 0.238 e. The summed E-state index contributed by atoms with van der Waals surface area (Å²) in [4.78, 5) is 0. The van der Waals surface area contributed by atoms with E-state index in [2.05, 4.69) is 15.6 Å². The summed E-state index contributed by atoms with van der Waals surface area (Å²) < 4.78 is 52.9. The van der Waals surface area contributed by atoms with Gasteiger partial charge in [0.15, 0.2) is 0 Å². The molecule has 0 saturated carbocycles. The predicted octanol–water partition coefficient (Wildman–Crippen LogP) is 0.222. The standard InChI is InChI=1S/C14H22N4O4S2/c1-10-14(11(2)16-15-10)24(21,22)17-12-4-6-13(7-5-12)18-8-3-9-23(18,19)20/h4-7,10-11,14-17H,3,8-9H2,1-2H3. The lowest BCUT2D eigenvalue weighted by Crippen LogP contribution is -2.41. The minimum atomic E-state index is -3.57. The van der Waals surface area contributed by atoms with E-state index >= 15 is 0 Å². The highest BCUT2D eigenvalue weighted by molar-refractivity contribution is 7.93. The molecule has 2 saturated heterocycles. The molecule has 2 atom stereocenters. The Bertz CT molecular complexity index is 798. The maximum absolute atomic E-state index is 12.6. The molecule has 10 heteroatoms. The monoisotopic (exact) mass is 374 g/mol. The van der Waals surface area contributed by atoms with E-state index < -0.39 is 25.3 Å². The maximum atomic E-state index is 12.6. The Balaban J connectivity index is 1.77. The lowest BCUT2D eigenvalue weighted by molar-refractivity contribution is 0.564. The molecule has 2 fully saturated rings. The van der Waals surface area contributed by atoms with Crippen LogP contribution in [-0.2, 0) is 20.0 Å². The number of anilines is 2. The van der Waals surface area contributed by atoms with E-state index in [9.17, 15) is 16.8 Å². The van der Waals surface area contributed by atoms with Crippen LogP contribution >= 0.6 is 0 Å². The molecule has 3 N–H and O–H groups in total. The van der Waals surface area contributed by atoms with Crippen LogP contribution in [0, 0.1) is 0 Å². The zero-order valence-corrected chi connectivity index (χ0v) is 15.2. The van der Waals surface area contributed by atoms with E-state index in [0.717, 1.165) is 0 Å². The molecule has 0 aromatic heterocycles. The van der Waals surface area contributed by atoms with Gasteiger partial charge in [-0.2, -0.15) is 0 Å². The quantitative estimate of drug-likeness (QED) is 0.696. The molecule has 0 bridgehead atoms. The van der Waals surface area contributed by atoms with Crippen LogP contribution in [0.2, 0.25) is 0 Å². The molecule has 2 aliphatic heterocycles. The molecule has 0 radical (unpaired) electrons. The third-order valence-corrected chi connectivity index (χ3v) is 8.32. The number of hydrogen-bond acceptors (Lipinski definition) is 6. The summed E-state index contributed by atoms with van der Waals surface area (Å²) in [6.45, 7) is 4.07. The summed E-state index contributed by atoms with van der Waals surface area (Å²) >= 11 is 0. The Morgan fingerprint density at radius 2 is 1.71 bits per heavy atom. The fourth-order valence-electron chi connectivity index (χ4n) is 3.26. The van der Waals surface area contributed by atoms with Gasteiger partial charge in [0, 0.05) is 24.3 Å². The van der Waals surface area contributed by atoms with Crippen molar-refractivity contribution in [2.75, 3.05) is 21.3 Å². The van der Waals surface area contributed by atoms with Crippen LogP contribution in [0.4, 0.5) is 11.4 Å². The Morgan fingerprint density at radius 3 is 2.21 bits per heavy atom. The van der Waals surface area contributed by atoms with Gasteiger partial charge in [-0.05, 0) is 44.5 Å². The van der Waals surface area contributed by atoms with E-state index in [1.54, 1.807) is 24.3 Å². The first-order chi connectivity index (χ1) is 11.2. The van der Waals surface area contributed by atoms with Crippen LogP contribution < -0.4 is 19.9 Å². The largest absolute Gasteiger partial charge is 0.283 e. The number of benzene rings is 1. The van der Waals surface area contributed by atoms with Crippen LogP contribution in [0.25, 0.3) is 0 Å². The average Bonchev–Trinajstić information content (AvgIpc) is 3.01. The van der Waals surface area contributed by atoms with E-state index in [4.69, 9.17) is 0 Å². The highest BCUT2D eigenvalue weighted by atomic mass is 32.2. The molecule has 0 aliphatic carbocycles. The summed E-state index contributed by atoms with van der Waals surface area (Å²) in [7, 11) is -6.81. The van der Waals surface area contributed by atoms with E-state index in [1.165, 1.54) is 4.31 Å². The van der Waals surface area contributed by atoms with Crippen LogP contribution in [0.5, 0.6) is 0 Å². The Morgan fingerprint density at radius 1 is 1.12 bits per heavy atom. The van der Waals surface area contributed by atoms with Crippen molar-refractivity contribution >= 4 is 31.4 Å². The summed E-state index contributed by atoms with van der Waals surface area (Å²) in [6.07, 6.45) is 0.605. The number of nitrogens with zero attached hydrogens (tertiary/aromatic N) is 1. The zero-order valence-electron chi connectivity index (χ0n) is 13.6. The number of rotatable bonds is 4. The van der Waals surface area contributed by atoms with Gasteiger partial charge in [0.1, 0.15) is 5.25 Å². The Labute approximate surface area is 142 Å². The van der Waals surface area contributed by atoms with Crippen molar-refractivity contribution in [3.63, 3.8) is 0 Å². The third-order valence-electron chi connectivity index (χ3n) is 4.40. The molecule has 8 nitrogen and oxygen atoms in total. The van der Waals surface area contributed by atoms with Gasteiger partial charge in [0.2, 0.25) is 20.0 Å². The zero-order chi connectivity index (χ0) is 17.5. The first-order valence-corrected chi connectivity index (χ1v) is 11.0. The van der Waals surface area contributed by atoms with Crippen molar-refractivity contribution in [3.05, 3.63) is 24.3 Å². The molecular formula is C14H22N4O4S2. The maximum Gasteiger partial charge on any atom is 0.238 e. The lowest BCUT2D eigenvalue weighted by Gasteiger charge is -2.20. The molecular weight excluding hydrogens is 352 g/mol. The third kappa shape index (κ3) is 3.23. The van der Waals surface area contributed by atoms with Gasteiger partial charge in [-0.3, -0.25) is 19.9 Å². The fourth-order valence-corrected chi connectivity index (χ4v) is 6.63. The summed E-state index contributed by atoms with van der Waals surface area (Å²) in [5.74, 6) is 0.152. The number of nitrogens with one attached hydrogen (secondary N) is 3. The van der Waals surface area contributed by atoms with Gasteiger partial charge in [-0.1, -0.05) is 0 Å². The topological polar surface area (TPSA) is 108 Å². The fraction of sp³-hybridized carbons (Fsp3) is 0.571. The highest BCUT2D eigenvalue weighted by Gasteiger charge is 2.40. The SMILES string of the molecule is CC1NNC(C)C1S(=O)(=O)Nc1ccc(N2CCCS2(=O)=O)cc1.